The summed E-state index contributed by atoms with van der Waals surface area (Å²) in [5.74, 6) is 3.78. The maximum Gasteiger partial charge on any atom is 0.0653 e. The Morgan fingerprint density at radius 2 is 1.59 bits per heavy atom. The molecule has 0 bridgehead atoms. The van der Waals surface area contributed by atoms with Crippen molar-refractivity contribution in [2.45, 2.75) is 129 Å². The van der Waals surface area contributed by atoms with E-state index in [1.165, 1.54) is 70.6 Å². The monoisotopic (exact) mass is 404 g/mol. The Labute approximate surface area is 180 Å². The summed E-state index contributed by atoms with van der Waals surface area (Å²) in [4.78, 5) is 0. The zero-order valence-electron chi connectivity index (χ0n) is 19.8. The normalized spacial score (nSPS) is 49.0. The molecule has 2 N–H and O–H groups in total. The molecule has 4 aliphatic carbocycles. The molecule has 4 saturated carbocycles. The second-order valence-electron chi connectivity index (χ2n) is 12.4. The third-order valence-electron chi connectivity index (χ3n) is 10.9. The molecule has 0 aromatic carbocycles. The van der Waals surface area contributed by atoms with Crippen molar-refractivity contribution in [2.24, 2.45) is 40.4 Å². The maximum absolute atomic E-state index is 11.6. The fourth-order valence-electron chi connectivity index (χ4n) is 9.34. The first kappa shape index (κ1) is 22.1. The van der Waals surface area contributed by atoms with Gasteiger partial charge in [0.25, 0.3) is 0 Å². The van der Waals surface area contributed by atoms with Crippen LogP contribution in [0.3, 0.4) is 0 Å². The summed E-state index contributed by atoms with van der Waals surface area (Å²) in [5, 5.41) is 21.8. The van der Waals surface area contributed by atoms with Crippen molar-refractivity contribution in [3.05, 3.63) is 0 Å². The van der Waals surface area contributed by atoms with E-state index in [2.05, 4.69) is 27.7 Å². The van der Waals surface area contributed by atoms with Gasteiger partial charge in [-0.3, -0.25) is 0 Å². The number of aliphatic hydroxyl groups is 2. The Morgan fingerprint density at radius 3 is 2.34 bits per heavy atom. The van der Waals surface area contributed by atoms with Crippen LogP contribution in [0.15, 0.2) is 0 Å². The fraction of sp³-hybridized carbons (Fsp3) is 1.00. The molecule has 2 heteroatoms. The van der Waals surface area contributed by atoms with Crippen molar-refractivity contribution in [3.63, 3.8) is 0 Å². The largest absolute Gasteiger partial charge is 0.393 e. The predicted octanol–water partition coefficient (Wildman–Crippen LogP) is 6.73. The number of fused-ring (bicyclic) bond motifs is 5. The average molecular weight is 405 g/mol. The molecule has 4 rings (SSSR count). The maximum atomic E-state index is 11.6. The molecule has 4 aliphatic rings. The highest BCUT2D eigenvalue weighted by Gasteiger charge is 2.62. The van der Waals surface area contributed by atoms with Crippen LogP contribution >= 0.6 is 0 Å². The van der Waals surface area contributed by atoms with Crippen LogP contribution in [0.2, 0.25) is 0 Å². The van der Waals surface area contributed by atoms with Gasteiger partial charge in [0.15, 0.2) is 0 Å². The Hall–Kier alpha value is -0.0800. The smallest absolute Gasteiger partial charge is 0.0653 e. The van der Waals surface area contributed by atoms with Gasteiger partial charge in [0.05, 0.1) is 11.7 Å². The lowest BCUT2D eigenvalue weighted by Gasteiger charge is -2.61. The zero-order valence-corrected chi connectivity index (χ0v) is 19.8. The molecule has 0 amide bonds. The van der Waals surface area contributed by atoms with Crippen molar-refractivity contribution in [1.29, 1.82) is 0 Å². The van der Waals surface area contributed by atoms with Crippen LogP contribution in [0.5, 0.6) is 0 Å². The van der Waals surface area contributed by atoms with Crippen LogP contribution in [-0.2, 0) is 0 Å². The van der Waals surface area contributed by atoms with Crippen molar-refractivity contribution in [3.8, 4) is 0 Å². The van der Waals surface area contributed by atoms with E-state index in [0.29, 0.717) is 16.7 Å². The lowest BCUT2D eigenvalue weighted by Crippen LogP contribution is -2.55. The first-order chi connectivity index (χ1) is 13.7. The van der Waals surface area contributed by atoms with Crippen LogP contribution < -0.4 is 0 Å². The minimum absolute atomic E-state index is 0.0443. The molecule has 0 aromatic heterocycles. The Morgan fingerprint density at radius 1 is 0.862 bits per heavy atom. The van der Waals surface area contributed by atoms with E-state index < -0.39 is 5.60 Å². The van der Waals surface area contributed by atoms with E-state index in [4.69, 9.17) is 0 Å². The summed E-state index contributed by atoms with van der Waals surface area (Å²) in [6.45, 7) is 9.58. The van der Waals surface area contributed by atoms with E-state index in [1.807, 2.05) is 0 Å². The fourth-order valence-corrected chi connectivity index (χ4v) is 9.34. The van der Waals surface area contributed by atoms with E-state index in [-0.39, 0.29) is 6.10 Å². The summed E-state index contributed by atoms with van der Waals surface area (Å²) in [6.07, 6.45) is 17.3. The molecule has 0 aromatic rings. The Balaban J connectivity index is 1.48. The van der Waals surface area contributed by atoms with Gasteiger partial charge in [-0.15, -0.1) is 0 Å². The van der Waals surface area contributed by atoms with Crippen LogP contribution in [0.1, 0.15) is 118 Å². The third kappa shape index (κ3) is 3.73. The van der Waals surface area contributed by atoms with Crippen LogP contribution in [0.25, 0.3) is 0 Å². The molecule has 9 atom stereocenters. The predicted molar refractivity (Wildman–Crippen MR) is 121 cm³/mol. The van der Waals surface area contributed by atoms with Gasteiger partial charge in [0, 0.05) is 0 Å². The molecule has 0 spiro atoms. The molecule has 29 heavy (non-hydrogen) atoms. The minimum Gasteiger partial charge on any atom is -0.393 e. The Bertz CT molecular complexity index is 571. The molecule has 2 nitrogen and oxygen atoms in total. The number of hydrogen-bond acceptors (Lipinski definition) is 2. The molecule has 0 heterocycles. The molecule has 0 saturated heterocycles. The molecule has 168 valence electrons. The van der Waals surface area contributed by atoms with E-state index >= 15 is 0 Å². The van der Waals surface area contributed by atoms with Gasteiger partial charge < -0.3 is 10.2 Å². The zero-order chi connectivity index (χ0) is 20.9. The summed E-state index contributed by atoms with van der Waals surface area (Å²) < 4.78 is 0. The summed E-state index contributed by atoms with van der Waals surface area (Å²) in [6, 6.07) is 0. The highest BCUT2D eigenvalue weighted by atomic mass is 16.3. The van der Waals surface area contributed by atoms with Crippen LogP contribution in [0.4, 0.5) is 0 Å². The molecular formula is C27H48O2. The van der Waals surface area contributed by atoms with Crippen molar-refractivity contribution >= 4 is 0 Å². The molecule has 0 radical (unpaired) electrons. The van der Waals surface area contributed by atoms with E-state index in [0.717, 1.165) is 42.9 Å². The second kappa shape index (κ2) is 8.12. The van der Waals surface area contributed by atoms with Crippen molar-refractivity contribution in [1.82, 2.24) is 0 Å². The number of aliphatic hydroxyl groups excluding tert-OH is 1. The minimum atomic E-state index is -0.486. The average Bonchev–Trinajstić information content (AvgIpc) is 3.04. The van der Waals surface area contributed by atoms with Gasteiger partial charge in [-0.1, -0.05) is 46.5 Å². The van der Waals surface area contributed by atoms with Gasteiger partial charge in [-0.25, -0.2) is 0 Å². The lowest BCUT2D eigenvalue weighted by molar-refractivity contribution is -0.144. The molecule has 4 unspecified atom stereocenters. The molecular weight excluding hydrogens is 356 g/mol. The number of hydrogen-bond donors (Lipinski definition) is 2. The number of unbranched alkanes of at least 4 members (excludes halogenated alkanes) is 3. The lowest BCUT2D eigenvalue weighted by atomic mass is 9.44. The van der Waals surface area contributed by atoms with Crippen LogP contribution in [-0.4, -0.2) is 21.9 Å². The van der Waals surface area contributed by atoms with Crippen molar-refractivity contribution in [2.75, 3.05) is 0 Å². The summed E-state index contributed by atoms with van der Waals surface area (Å²) >= 11 is 0. The topological polar surface area (TPSA) is 40.5 Å². The highest BCUT2D eigenvalue weighted by Crippen LogP contribution is 2.68. The Kier molecular flexibility index (Phi) is 6.19. The van der Waals surface area contributed by atoms with Gasteiger partial charge in [0.1, 0.15) is 0 Å². The highest BCUT2D eigenvalue weighted by molar-refractivity contribution is 5.11. The SMILES string of the molecule is CCCCCC[C@](C)(O)C1CCC2[C@@H]3CCC4C[C@@H](O)CC[C@]4(C)C3CC[C@@]21C. The van der Waals surface area contributed by atoms with E-state index in [9.17, 15) is 10.2 Å². The standard InChI is InChI=1S/C27H48O2/c1-5-6-7-8-15-27(4,29)24-12-11-22-21-10-9-19-18-20(28)13-16-25(19,2)23(21)14-17-26(22,24)3/h19-24,28-29H,5-18H2,1-4H3/t19?,20-,21-,22?,23?,24?,25-,26-,27-/m0/s1. The van der Waals surface area contributed by atoms with Gasteiger partial charge in [0.2, 0.25) is 0 Å². The molecule has 4 fully saturated rings. The summed E-state index contributed by atoms with van der Waals surface area (Å²) in [5.41, 5.74) is 0.317. The third-order valence-corrected chi connectivity index (χ3v) is 10.9. The first-order valence-corrected chi connectivity index (χ1v) is 13.1. The van der Waals surface area contributed by atoms with Gasteiger partial charge >= 0.3 is 0 Å². The summed E-state index contributed by atoms with van der Waals surface area (Å²) in [7, 11) is 0. The van der Waals surface area contributed by atoms with Gasteiger partial charge in [-0.2, -0.15) is 0 Å². The van der Waals surface area contributed by atoms with E-state index in [1.54, 1.807) is 0 Å². The molecule has 0 aliphatic heterocycles. The van der Waals surface area contributed by atoms with Gasteiger partial charge in [-0.05, 0) is 112 Å². The van der Waals surface area contributed by atoms with Crippen molar-refractivity contribution < 1.29 is 10.2 Å². The first-order valence-electron chi connectivity index (χ1n) is 13.1. The van der Waals surface area contributed by atoms with Crippen LogP contribution in [0, 0.1) is 40.4 Å². The number of rotatable bonds is 6. The second-order valence-corrected chi connectivity index (χ2v) is 12.4. The quantitative estimate of drug-likeness (QED) is 0.482.